The van der Waals surface area contributed by atoms with Gasteiger partial charge in [0.05, 0.1) is 12.0 Å². The van der Waals surface area contributed by atoms with Crippen molar-refractivity contribution in [3.63, 3.8) is 0 Å². The number of sulfonamides is 1. The van der Waals surface area contributed by atoms with Crippen molar-refractivity contribution in [2.45, 2.75) is 18.5 Å². The van der Waals surface area contributed by atoms with Gasteiger partial charge in [0.2, 0.25) is 0 Å². The van der Waals surface area contributed by atoms with E-state index in [0.29, 0.717) is 17.9 Å². The van der Waals surface area contributed by atoms with Crippen LogP contribution in [0, 0.1) is 0 Å². The minimum Gasteiger partial charge on any atom is -0.399 e. The van der Waals surface area contributed by atoms with Crippen LogP contribution in [0.3, 0.4) is 0 Å². The molecule has 0 amide bonds. The number of nitrogens with two attached hydrogens (primary N) is 1. The predicted molar refractivity (Wildman–Crippen MR) is 69.6 cm³/mol. The van der Waals surface area contributed by atoms with Gasteiger partial charge < -0.3 is 10.3 Å². The number of benzene rings is 1. The van der Waals surface area contributed by atoms with Crippen LogP contribution in [-0.4, -0.2) is 18.0 Å². The van der Waals surface area contributed by atoms with Crippen LogP contribution >= 0.6 is 0 Å². The largest absolute Gasteiger partial charge is 0.399 e. The van der Waals surface area contributed by atoms with Crippen molar-refractivity contribution in [2.24, 2.45) is 0 Å². The first kappa shape index (κ1) is 12.4. The number of hydrogen-bond acceptors (Lipinski definition) is 4. The first-order valence-corrected chi connectivity index (χ1v) is 6.90. The van der Waals surface area contributed by atoms with Crippen LogP contribution in [0.2, 0.25) is 0 Å². The van der Waals surface area contributed by atoms with Crippen molar-refractivity contribution in [1.82, 2.24) is 9.55 Å². The maximum absolute atomic E-state index is 12.0. The molecule has 0 spiro atoms. The molecule has 0 saturated heterocycles. The zero-order valence-corrected chi connectivity index (χ0v) is 10.7. The van der Waals surface area contributed by atoms with Gasteiger partial charge in [-0.2, -0.15) is 8.42 Å². The van der Waals surface area contributed by atoms with Gasteiger partial charge in [-0.25, -0.2) is 4.98 Å². The normalized spacial score (nSPS) is 11.4. The molecule has 1 aromatic carbocycles. The predicted octanol–water partition coefficient (Wildman–Crippen LogP) is 1.29. The molecule has 0 radical (unpaired) electrons. The first-order chi connectivity index (χ1) is 8.51. The van der Waals surface area contributed by atoms with E-state index in [2.05, 4.69) is 9.71 Å². The summed E-state index contributed by atoms with van der Waals surface area (Å²) in [6.07, 6.45) is 2.96. The molecule has 0 aliphatic rings. The van der Waals surface area contributed by atoms with Crippen molar-refractivity contribution in [3.05, 3.63) is 36.8 Å². The second-order valence-electron chi connectivity index (χ2n) is 3.77. The van der Waals surface area contributed by atoms with Gasteiger partial charge >= 0.3 is 0 Å². The lowest BCUT2D eigenvalue weighted by atomic mass is 10.3. The summed E-state index contributed by atoms with van der Waals surface area (Å²) >= 11 is 0. The molecule has 7 heteroatoms. The Kier molecular flexibility index (Phi) is 3.24. The smallest absolute Gasteiger partial charge is 0.280 e. The zero-order valence-electron chi connectivity index (χ0n) is 9.87. The Bertz CT molecular complexity index is 649. The number of imidazole rings is 1. The number of nitrogen functional groups attached to an aromatic ring is 1. The van der Waals surface area contributed by atoms with E-state index >= 15 is 0 Å². The third-order valence-electron chi connectivity index (χ3n) is 2.39. The molecule has 1 aromatic heterocycles. The van der Waals surface area contributed by atoms with Crippen LogP contribution < -0.4 is 10.5 Å². The summed E-state index contributed by atoms with van der Waals surface area (Å²) in [4.78, 5) is 3.86. The third kappa shape index (κ3) is 2.62. The highest BCUT2D eigenvalue weighted by Gasteiger charge is 2.17. The molecule has 0 bridgehead atoms. The molecule has 96 valence electrons. The molecule has 2 rings (SSSR count). The Morgan fingerprint density at radius 3 is 2.83 bits per heavy atom. The molecule has 0 atom stereocenters. The summed E-state index contributed by atoms with van der Waals surface area (Å²) in [7, 11) is -3.66. The maximum atomic E-state index is 12.0. The highest BCUT2D eigenvalue weighted by molar-refractivity contribution is 7.92. The Morgan fingerprint density at radius 2 is 2.22 bits per heavy atom. The van der Waals surface area contributed by atoms with E-state index in [1.807, 2.05) is 6.92 Å². The fourth-order valence-corrected chi connectivity index (χ4v) is 2.46. The minimum absolute atomic E-state index is 0.00762. The highest BCUT2D eigenvalue weighted by atomic mass is 32.2. The zero-order chi connectivity index (χ0) is 13.2. The Balaban J connectivity index is 2.27. The molecule has 6 nitrogen and oxygen atoms in total. The van der Waals surface area contributed by atoms with Crippen LogP contribution in [0.15, 0.2) is 41.8 Å². The molecule has 0 unspecified atom stereocenters. The van der Waals surface area contributed by atoms with E-state index in [1.165, 1.54) is 12.5 Å². The number of nitrogens with one attached hydrogen (secondary N) is 1. The van der Waals surface area contributed by atoms with Gasteiger partial charge in [-0.05, 0) is 25.1 Å². The summed E-state index contributed by atoms with van der Waals surface area (Å²) in [5.41, 5.74) is 6.50. The lowest BCUT2D eigenvalue weighted by Gasteiger charge is -2.06. The molecule has 3 N–H and O–H groups in total. The molecule has 0 aliphatic carbocycles. The van der Waals surface area contributed by atoms with Crippen LogP contribution in [0.25, 0.3) is 0 Å². The van der Waals surface area contributed by atoms with Gasteiger partial charge in [-0.1, -0.05) is 6.07 Å². The van der Waals surface area contributed by atoms with E-state index in [9.17, 15) is 8.42 Å². The van der Waals surface area contributed by atoms with Crippen molar-refractivity contribution in [3.8, 4) is 0 Å². The van der Waals surface area contributed by atoms with Crippen molar-refractivity contribution in [2.75, 3.05) is 10.5 Å². The average molecular weight is 266 g/mol. The Hall–Kier alpha value is -2.02. The lowest BCUT2D eigenvalue weighted by Crippen LogP contribution is -2.13. The van der Waals surface area contributed by atoms with Crippen LogP contribution in [0.5, 0.6) is 0 Å². The second kappa shape index (κ2) is 4.69. The summed E-state index contributed by atoms with van der Waals surface area (Å²) in [6.45, 7) is 2.57. The van der Waals surface area contributed by atoms with Crippen molar-refractivity contribution < 1.29 is 8.42 Å². The van der Waals surface area contributed by atoms with Gasteiger partial charge in [0.15, 0.2) is 5.03 Å². The standard InChI is InChI=1S/C11H14N4O2S/c1-2-15-7-11(13-8-15)18(16,17)14-10-5-3-4-9(12)6-10/h3-8,14H,2,12H2,1H3. The number of aryl methyl sites for hydroxylation is 1. The summed E-state index contributed by atoms with van der Waals surface area (Å²) in [5.74, 6) is 0. The number of nitrogens with zero attached hydrogens (tertiary/aromatic N) is 2. The van der Waals surface area contributed by atoms with Crippen LogP contribution in [0.4, 0.5) is 11.4 Å². The molecular formula is C11H14N4O2S. The van der Waals surface area contributed by atoms with E-state index in [-0.39, 0.29) is 5.03 Å². The molecule has 1 heterocycles. The van der Waals surface area contributed by atoms with Gasteiger partial charge in [-0.3, -0.25) is 4.72 Å². The van der Waals surface area contributed by atoms with Crippen LogP contribution in [0.1, 0.15) is 6.92 Å². The topological polar surface area (TPSA) is 90.0 Å². The molecule has 0 aliphatic heterocycles. The van der Waals surface area contributed by atoms with Gasteiger partial charge in [-0.15, -0.1) is 0 Å². The van der Waals surface area contributed by atoms with Gasteiger partial charge in [0.1, 0.15) is 0 Å². The van der Waals surface area contributed by atoms with Gasteiger partial charge in [0, 0.05) is 18.4 Å². The Morgan fingerprint density at radius 1 is 1.44 bits per heavy atom. The fraction of sp³-hybridized carbons (Fsp3) is 0.182. The third-order valence-corrected chi connectivity index (χ3v) is 3.65. The van der Waals surface area contributed by atoms with Gasteiger partial charge in [0.25, 0.3) is 10.0 Å². The highest BCUT2D eigenvalue weighted by Crippen LogP contribution is 2.16. The molecular weight excluding hydrogens is 252 g/mol. The lowest BCUT2D eigenvalue weighted by molar-refractivity contribution is 0.598. The maximum Gasteiger partial charge on any atom is 0.280 e. The van der Waals surface area contributed by atoms with E-state index in [1.54, 1.807) is 28.8 Å². The van der Waals surface area contributed by atoms with Crippen molar-refractivity contribution >= 4 is 21.4 Å². The monoisotopic (exact) mass is 266 g/mol. The molecule has 2 aromatic rings. The number of aromatic nitrogens is 2. The molecule has 0 saturated carbocycles. The summed E-state index contributed by atoms with van der Waals surface area (Å²) in [6, 6.07) is 6.54. The SMILES string of the molecule is CCn1cnc(S(=O)(=O)Nc2cccc(N)c2)c1. The van der Waals surface area contributed by atoms with E-state index in [4.69, 9.17) is 5.73 Å². The number of rotatable bonds is 4. The minimum atomic E-state index is -3.66. The summed E-state index contributed by atoms with van der Waals surface area (Å²) in [5, 5.41) is -0.00762. The number of hydrogen-bond donors (Lipinski definition) is 2. The quantitative estimate of drug-likeness (QED) is 0.816. The molecule has 0 fully saturated rings. The van der Waals surface area contributed by atoms with E-state index in [0.717, 1.165) is 0 Å². The Labute approximate surface area is 106 Å². The fourth-order valence-electron chi connectivity index (χ4n) is 1.46. The first-order valence-electron chi connectivity index (χ1n) is 5.41. The van der Waals surface area contributed by atoms with E-state index < -0.39 is 10.0 Å². The average Bonchev–Trinajstić information content (AvgIpc) is 2.77. The number of anilines is 2. The van der Waals surface area contributed by atoms with Crippen molar-refractivity contribution in [1.29, 1.82) is 0 Å². The van der Waals surface area contributed by atoms with Crippen LogP contribution in [-0.2, 0) is 16.6 Å². The second-order valence-corrected chi connectivity index (χ2v) is 5.40. The molecule has 18 heavy (non-hydrogen) atoms. The summed E-state index contributed by atoms with van der Waals surface area (Å²) < 4.78 is 28.1.